The van der Waals surface area contributed by atoms with Gasteiger partial charge in [0.1, 0.15) is 17.1 Å². The highest BCUT2D eigenvalue weighted by molar-refractivity contribution is 5.31. The van der Waals surface area contributed by atoms with Crippen molar-refractivity contribution in [3.05, 3.63) is 54.0 Å². The molecular formula is C14H17NO3. The molecule has 0 fully saturated rings. The van der Waals surface area contributed by atoms with Crippen molar-refractivity contribution >= 4 is 0 Å². The lowest BCUT2D eigenvalue weighted by atomic mass is 10.0. The molecule has 0 saturated carbocycles. The highest BCUT2D eigenvalue weighted by atomic mass is 16.4. The lowest BCUT2D eigenvalue weighted by Crippen LogP contribution is -2.34. The summed E-state index contributed by atoms with van der Waals surface area (Å²) in [7, 11) is 0. The van der Waals surface area contributed by atoms with Crippen LogP contribution in [0, 0.1) is 0 Å². The number of aromatic hydroxyl groups is 1. The summed E-state index contributed by atoms with van der Waals surface area (Å²) in [6.45, 7) is 2.52. The third-order valence-corrected chi connectivity index (χ3v) is 2.83. The summed E-state index contributed by atoms with van der Waals surface area (Å²) < 4.78 is 5.19. The normalized spacial score (nSPS) is 14.3. The van der Waals surface area contributed by atoms with E-state index in [-0.39, 0.29) is 5.75 Å². The van der Waals surface area contributed by atoms with E-state index < -0.39 is 5.60 Å². The average Bonchev–Trinajstić information content (AvgIpc) is 2.86. The molecule has 2 aromatic rings. The van der Waals surface area contributed by atoms with Gasteiger partial charge in [0.25, 0.3) is 0 Å². The lowest BCUT2D eigenvalue weighted by Gasteiger charge is -2.21. The molecule has 1 atom stereocenters. The highest BCUT2D eigenvalue weighted by Gasteiger charge is 2.25. The van der Waals surface area contributed by atoms with Gasteiger partial charge in [-0.15, -0.1) is 0 Å². The number of aliphatic hydroxyl groups is 1. The van der Waals surface area contributed by atoms with E-state index in [2.05, 4.69) is 5.32 Å². The standard InChI is InChI=1S/C14H17NO3/c1-14(17,13-7-4-8-18-13)10-15-9-11-5-2-3-6-12(11)16/h2-8,15-17H,9-10H2,1H3. The van der Waals surface area contributed by atoms with Crippen LogP contribution in [0.15, 0.2) is 47.1 Å². The topological polar surface area (TPSA) is 65.6 Å². The van der Waals surface area contributed by atoms with Gasteiger partial charge in [-0.05, 0) is 25.1 Å². The maximum Gasteiger partial charge on any atom is 0.136 e. The molecule has 1 aromatic heterocycles. The molecule has 0 spiro atoms. The molecule has 1 heterocycles. The van der Waals surface area contributed by atoms with Gasteiger partial charge in [-0.25, -0.2) is 0 Å². The zero-order chi connectivity index (χ0) is 13.0. The SMILES string of the molecule is CC(O)(CNCc1ccccc1O)c1ccco1. The summed E-state index contributed by atoms with van der Waals surface area (Å²) in [5, 5.41) is 22.9. The third kappa shape index (κ3) is 2.91. The molecule has 0 aliphatic heterocycles. The Morgan fingerprint density at radius 3 is 2.67 bits per heavy atom. The van der Waals surface area contributed by atoms with E-state index in [0.29, 0.717) is 18.8 Å². The minimum Gasteiger partial charge on any atom is -0.508 e. The van der Waals surface area contributed by atoms with Crippen molar-refractivity contribution in [2.75, 3.05) is 6.54 Å². The van der Waals surface area contributed by atoms with Gasteiger partial charge in [0.2, 0.25) is 0 Å². The zero-order valence-corrected chi connectivity index (χ0v) is 10.3. The molecule has 96 valence electrons. The van der Waals surface area contributed by atoms with Gasteiger partial charge in [-0.2, -0.15) is 0 Å². The highest BCUT2D eigenvalue weighted by Crippen LogP contribution is 2.20. The second-order valence-corrected chi connectivity index (χ2v) is 4.48. The Morgan fingerprint density at radius 2 is 2.00 bits per heavy atom. The minimum atomic E-state index is -1.06. The quantitative estimate of drug-likeness (QED) is 0.756. The third-order valence-electron chi connectivity index (χ3n) is 2.83. The second-order valence-electron chi connectivity index (χ2n) is 4.48. The van der Waals surface area contributed by atoms with E-state index in [0.717, 1.165) is 5.56 Å². The van der Waals surface area contributed by atoms with E-state index in [1.54, 1.807) is 31.2 Å². The number of benzene rings is 1. The van der Waals surface area contributed by atoms with Crippen LogP contribution < -0.4 is 5.32 Å². The van der Waals surface area contributed by atoms with E-state index in [4.69, 9.17) is 4.42 Å². The van der Waals surface area contributed by atoms with Gasteiger partial charge in [0.15, 0.2) is 0 Å². The summed E-state index contributed by atoms with van der Waals surface area (Å²) in [5.41, 5.74) is -0.263. The Morgan fingerprint density at radius 1 is 1.22 bits per heavy atom. The maximum absolute atomic E-state index is 10.2. The maximum atomic E-state index is 10.2. The molecule has 1 unspecified atom stereocenters. The lowest BCUT2D eigenvalue weighted by molar-refractivity contribution is 0.0340. The van der Waals surface area contributed by atoms with Crippen molar-refractivity contribution in [1.82, 2.24) is 5.32 Å². The number of phenolic OH excluding ortho intramolecular Hbond substituents is 1. The predicted molar refractivity (Wildman–Crippen MR) is 68.1 cm³/mol. The molecule has 0 aliphatic rings. The van der Waals surface area contributed by atoms with Gasteiger partial charge in [0.05, 0.1) is 6.26 Å². The first-order chi connectivity index (χ1) is 8.59. The van der Waals surface area contributed by atoms with Crippen LogP contribution in [0.5, 0.6) is 5.75 Å². The molecule has 0 radical (unpaired) electrons. The Labute approximate surface area is 106 Å². The van der Waals surface area contributed by atoms with Gasteiger partial charge in [-0.3, -0.25) is 0 Å². The fourth-order valence-corrected chi connectivity index (χ4v) is 1.77. The number of hydrogen-bond donors (Lipinski definition) is 3. The molecule has 1 aromatic carbocycles. The van der Waals surface area contributed by atoms with E-state index in [1.807, 2.05) is 12.1 Å². The number of hydrogen-bond acceptors (Lipinski definition) is 4. The first-order valence-corrected chi connectivity index (χ1v) is 5.83. The van der Waals surface area contributed by atoms with Crippen LogP contribution in [0.3, 0.4) is 0 Å². The number of phenols is 1. The monoisotopic (exact) mass is 247 g/mol. The molecule has 0 aliphatic carbocycles. The minimum absolute atomic E-state index is 0.252. The number of para-hydroxylation sites is 1. The van der Waals surface area contributed by atoms with Gasteiger partial charge >= 0.3 is 0 Å². The van der Waals surface area contributed by atoms with Crippen LogP contribution in [0.25, 0.3) is 0 Å². The van der Waals surface area contributed by atoms with Crippen molar-refractivity contribution in [2.45, 2.75) is 19.1 Å². The smallest absolute Gasteiger partial charge is 0.136 e. The zero-order valence-electron chi connectivity index (χ0n) is 10.3. The summed E-state index contributed by atoms with van der Waals surface area (Å²) in [6.07, 6.45) is 1.53. The number of furan rings is 1. The number of rotatable bonds is 5. The summed E-state index contributed by atoms with van der Waals surface area (Å²) in [5.74, 6) is 0.773. The largest absolute Gasteiger partial charge is 0.508 e. The molecule has 18 heavy (non-hydrogen) atoms. The van der Waals surface area contributed by atoms with Crippen LogP contribution in [-0.2, 0) is 12.1 Å². The first-order valence-electron chi connectivity index (χ1n) is 5.83. The van der Waals surface area contributed by atoms with Crippen LogP contribution in [0.1, 0.15) is 18.2 Å². The van der Waals surface area contributed by atoms with Gasteiger partial charge < -0.3 is 19.9 Å². The van der Waals surface area contributed by atoms with Crippen molar-refractivity contribution < 1.29 is 14.6 Å². The summed E-state index contributed by atoms with van der Waals surface area (Å²) in [4.78, 5) is 0. The van der Waals surface area contributed by atoms with Crippen LogP contribution in [0.2, 0.25) is 0 Å². The molecule has 0 amide bonds. The summed E-state index contributed by atoms with van der Waals surface area (Å²) in [6, 6.07) is 10.6. The Kier molecular flexibility index (Phi) is 3.69. The van der Waals surface area contributed by atoms with Crippen LogP contribution >= 0.6 is 0 Å². The van der Waals surface area contributed by atoms with Crippen molar-refractivity contribution in [3.63, 3.8) is 0 Å². The van der Waals surface area contributed by atoms with E-state index >= 15 is 0 Å². The molecule has 4 heteroatoms. The second kappa shape index (κ2) is 5.25. The predicted octanol–water partition coefficient (Wildman–Crippen LogP) is 1.98. The van der Waals surface area contributed by atoms with Crippen molar-refractivity contribution in [1.29, 1.82) is 0 Å². The van der Waals surface area contributed by atoms with Crippen LogP contribution in [0.4, 0.5) is 0 Å². The molecule has 2 rings (SSSR count). The molecule has 0 saturated heterocycles. The van der Waals surface area contributed by atoms with Crippen molar-refractivity contribution in [2.24, 2.45) is 0 Å². The summed E-state index contributed by atoms with van der Waals surface area (Å²) >= 11 is 0. The van der Waals surface area contributed by atoms with Gasteiger partial charge in [0, 0.05) is 18.7 Å². The first kappa shape index (κ1) is 12.7. The molecule has 0 bridgehead atoms. The molecule has 3 N–H and O–H groups in total. The Hall–Kier alpha value is -1.78. The Bertz CT molecular complexity index is 492. The van der Waals surface area contributed by atoms with E-state index in [9.17, 15) is 10.2 Å². The average molecular weight is 247 g/mol. The van der Waals surface area contributed by atoms with Crippen LogP contribution in [-0.4, -0.2) is 16.8 Å². The van der Waals surface area contributed by atoms with Crippen molar-refractivity contribution in [3.8, 4) is 5.75 Å². The molecule has 4 nitrogen and oxygen atoms in total. The van der Waals surface area contributed by atoms with E-state index in [1.165, 1.54) is 6.26 Å². The number of nitrogens with one attached hydrogen (secondary N) is 1. The Balaban J connectivity index is 1.91. The van der Waals surface area contributed by atoms with Gasteiger partial charge in [-0.1, -0.05) is 18.2 Å². The fourth-order valence-electron chi connectivity index (χ4n) is 1.77. The fraction of sp³-hybridized carbons (Fsp3) is 0.286. The molecular weight excluding hydrogens is 230 g/mol.